The third kappa shape index (κ3) is 16.1. The Kier molecular flexibility index (Phi) is 19.3. The highest BCUT2D eigenvalue weighted by Gasteiger charge is 1.92. The lowest BCUT2D eigenvalue weighted by Gasteiger charge is -2.01. The summed E-state index contributed by atoms with van der Waals surface area (Å²) in [6.07, 6.45) is 16.7. The monoisotopic (exact) mass is 228 g/mol. The first-order chi connectivity index (χ1) is 7.41. The Balaban J connectivity index is 0. The normalized spacial score (nSPS) is 9.81. The molecule has 1 nitrogen and oxygen atoms in total. The fourth-order valence-electron chi connectivity index (χ4n) is 1.89. The van der Waals surface area contributed by atoms with Crippen LogP contribution in [0.25, 0.3) is 0 Å². The predicted octanol–water partition coefficient (Wildman–Crippen LogP) is 5.52. The lowest BCUT2D eigenvalue weighted by Crippen LogP contribution is -1.82. The average Bonchev–Trinajstić information content (AvgIpc) is 2.26. The van der Waals surface area contributed by atoms with Crippen LogP contribution in [0.15, 0.2) is 0 Å². The first-order valence-electron chi connectivity index (χ1n) is 6.85. The number of carbonyl (C=O) groups excluding carboxylic acids is 1. The lowest BCUT2D eigenvalue weighted by molar-refractivity contribution is -0.107. The van der Waals surface area contributed by atoms with Crippen LogP contribution in [0.2, 0.25) is 0 Å². The molecule has 0 aliphatic rings. The van der Waals surface area contributed by atoms with Crippen molar-refractivity contribution < 1.29 is 4.79 Å². The largest absolute Gasteiger partial charge is 0.303 e. The van der Waals surface area contributed by atoms with Crippen molar-refractivity contribution in [3.05, 3.63) is 0 Å². The summed E-state index contributed by atoms with van der Waals surface area (Å²) < 4.78 is 0. The Hall–Kier alpha value is -0.330. The molecule has 0 N–H and O–H groups in total. The van der Waals surface area contributed by atoms with Crippen molar-refractivity contribution in [2.45, 2.75) is 91.4 Å². The van der Waals surface area contributed by atoms with Crippen molar-refractivity contribution in [3.63, 3.8) is 0 Å². The summed E-state index contributed by atoms with van der Waals surface area (Å²) in [5.74, 6) is 0. The van der Waals surface area contributed by atoms with Gasteiger partial charge < -0.3 is 4.79 Å². The Morgan fingerprint density at radius 1 is 0.688 bits per heavy atom. The average molecular weight is 228 g/mol. The molecule has 0 heterocycles. The van der Waals surface area contributed by atoms with Crippen molar-refractivity contribution in [2.24, 2.45) is 0 Å². The topological polar surface area (TPSA) is 17.1 Å². The molecule has 0 saturated heterocycles. The summed E-state index contributed by atoms with van der Waals surface area (Å²) in [6.45, 7) is 2.26. The molecule has 0 fully saturated rings. The van der Waals surface area contributed by atoms with Crippen LogP contribution in [-0.2, 0) is 4.79 Å². The molecule has 16 heavy (non-hydrogen) atoms. The second-order valence-corrected chi connectivity index (χ2v) is 4.49. The van der Waals surface area contributed by atoms with Crippen LogP contribution < -0.4 is 0 Å². The summed E-state index contributed by atoms with van der Waals surface area (Å²) in [6, 6.07) is 0. The molecule has 0 aliphatic carbocycles. The second-order valence-electron chi connectivity index (χ2n) is 4.49. The minimum Gasteiger partial charge on any atom is -0.303 e. The highest BCUT2D eigenvalue weighted by Crippen LogP contribution is 2.11. The zero-order valence-corrected chi connectivity index (χ0v) is 10.5. The Morgan fingerprint density at radius 2 is 1.06 bits per heavy atom. The number of unbranched alkanes of at least 4 members (excludes halogenated alkanes) is 11. The van der Waals surface area contributed by atoms with E-state index >= 15 is 0 Å². The van der Waals surface area contributed by atoms with Crippen molar-refractivity contribution in [3.8, 4) is 0 Å². The Morgan fingerprint density at radius 3 is 1.44 bits per heavy atom. The SMILES string of the molecule is C.CCCCCCCCCCCCCC=O. The summed E-state index contributed by atoms with van der Waals surface area (Å²) in [5.41, 5.74) is 0. The molecule has 0 aromatic carbocycles. The molecule has 0 radical (unpaired) electrons. The van der Waals surface area contributed by atoms with E-state index in [0.717, 1.165) is 19.1 Å². The van der Waals surface area contributed by atoms with Gasteiger partial charge in [0.1, 0.15) is 6.29 Å². The highest BCUT2D eigenvalue weighted by atomic mass is 16.1. The fourth-order valence-corrected chi connectivity index (χ4v) is 1.89. The molecule has 0 saturated carbocycles. The van der Waals surface area contributed by atoms with Gasteiger partial charge in [-0.1, -0.05) is 78.6 Å². The molecule has 0 spiro atoms. The second kappa shape index (κ2) is 17.1. The van der Waals surface area contributed by atoms with E-state index in [2.05, 4.69) is 6.92 Å². The number of aldehydes is 1. The zero-order valence-electron chi connectivity index (χ0n) is 10.5. The minimum absolute atomic E-state index is 0. The molecule has 0 amide bonds. The molecule has 0 unspecified atom stereocenters. The van der Waals surface area contributed by atoms with Crippen molar-refractivity contribution in [1.29, 1.82) is 0 Å². The van der Waals surface area contributed by atoms with Gasteiger partial charge in [0.05, 0.1) is 0 Å². The van der Waals surface area contributed by atoms with E-state index in [1.54, 1.807) is 0 Å². The van der Waals surface area contributed by atoms with E-state index in [-0.39, 0.29) is 7.43 Å². The first kappa shape index (κ1) is 18.0. The quantitative estimate of drug-likeness (QED) is 0.317. The van der Waals surface area contributed by atoms with Gasteiger partial charge in [-0.2, -0.15) is 0 Å². The van der Waals surface area contributed by atoms with E-state index in [4.69, 9.17) is 0 Å². The Labute approximate surface area is 103 Å². The molecule has 0 rings (SSSR count). The first-order valence-corrected chi connectivity index (χ1v) is 6.85. The summed E-state index contributed by atoms with van der Waals surface area (Å²) in [4.78, 5) is 10.1. The smallest absolute Gasteiger partial charge is 0.119 e. The Bertz CT molecular complexity index is 121. The van der Waals surface area contributed by atoms with Gasteiger partial charge >= 0.3 is 0 Å². The summed E-state index contributed by atoms with van der Waals surface area (Å²) in [7, 11) is 0. The van der Waals surface area contributed by atoms with E-state index in [9.17, 15) is 4.79 Å². The highest BCUT2D eigenvalue weighted by molar-refractivity contribution is 5.48. The van der Waals surface area contributed by atoms with Gasteiger partial charge in [-0.05, 0) is 6.42 Å². The number of carbonyl (C=O) groups is 1. The molecular formula is C15H32O. The van der Waals surface area contributed by atoms with Crippen molar-refractivity contribution >= 4 is 6.29 Å². The standard InChI is InChI=1S/C14H28O.CH4/c1-2-3-4-5-6-7-8-9-10-11-12-13-14-15;/h14H,2-13H2,1H3;1H4. The summed E-state index contributed by atoms with van der Waals surface area (Å²) in [5, 5.41) is 0. The van der Waals surface area contributed by atoms with E-state index < -0.39 is 0 Å². The maximum atomic E-state index is 10.1. The van der Waals surface area contributed by atoms with Crippen LogP contribution in [0.5, 0.6) is 0 Å². The maximum absolute atomic E-state index is 10.1. The lowest BCUT2D eigenvalue weighted by atomic mass is 10.1. The van der Waals surface area contributed by atoms with Crippen LogP contribution in [0, 0.1) is 0 Å². The van der Waals surface area contributed by atoms with Crippen LogP contribution in [0.1, 0.15) is 91.4 Å². The van der Waals surface area contributed by atoms with Gasteiger partial charge in [-0.3, -0.25) is 0 Å². The molecular weight excluding hydrogens is 196 g/mol. The molecule has 0 atom stereocenters. The van der Waals surface area contributed by atoms with Crippen LogP contribution in [0.3, 0.4) is 0 Å². The van der Waals surface area contributed by atoms with Crippen LogP contribution in [-0.4, -0.2) is 6.29 Å². The maximum Gasteiger partial charge on any atom is 0.119 e. The van der Waals surface area contributed by atoms with E-state index in [1.165, 1.54) is 64.2 Å². The van der Waals surface area contributed by atoms with Gasteiger partial charge in [0.15, 0.2) is 0 Å². The van der Waals surface area contributed by atoms with E-state index in [0.29, 0.717) is 0 Å². The number of hydrogen-bond donors (Lipinski definition) is 0. The third-order valence-corrected chi connectivity index (χ3v) is 2.93. The number of rotatable bonds is 12. The van der Waals surface area contributed by atoms with Gasteiger partial charge in [0.2, 0.25) is 0 Å². The predicted molar refractivity (Wildman–Crippen MR) is 73.9 cm³/mol. The van der Waals surface area contributed by atoms with Crippen LogP contribution >= 0.6 is 0 Å². The molecule has 1 heteroatoms. The van der Waals surface area contributed by atoms with Gasteiger partial charge in [-0.25, -0.2) is 0 Å². The molecule has 0 aromatic rings. The van der Waals surface area contributed by atoms with Crippen molar-refractivity contribution in [1.82, 2.24) is 0 Å². The van der Waals surface area contributed by atoms with Crippen molar-refractivity contribution in [2.75, 3.05) is 0 Å². The molecule has 0 aromatic heterocycles. The van der Waals surface area contributed by atoms with Gasteiger partial charge in [-0.15, -0.1) is 0 Å². The van der Waals surface area contributed by atoms with Gasteiger partial charge in [0, 0.05) is 6.42 Å². The molecule has 98 valence electrons. The summed E-state index contributed by atoms with van der Waals surface area (Å²) >= 11 is 0. The third-order valence-electron chi connectivity index (χ3n) is 2.93. The minimum atomic E-state index is 0. The van der Waals surface area contributed by atoms with Gasteiger partial charge in [0.25, 0.3) is 0 Å². The fraction of sp³-hybridized carbons (Fsp3) is 0.933. The number of hydrogen-bond acceptors (Lipinski definition) is 1. The molecule has 0 bridgehead atoms. The van der Waals surface area contributed by atoms with E-state index in [1.807, 2.05) is 0 Å². The van der Waals surface area contributed by atoms with Crippen LogP contribution in [0.4, 0.5) is 0 Å². The molecule has 0 aliphatic heterocycles. The zero-order chi connectivity index (χ0) is 11.2.